The summed E-state index contributed by atoms with van der Waals surface area (Å²) in [4.78, 5) is 0. The molecule has 0 aliphatic rings. The van der Waals surface area contributed by atoms with Gasteiger partial charge in [0.05, 0.1) is 0 Å². The minimum absolute atomic E-state index is 0.221. The largest absolute Gasteiger partial charge is 0.304 e. The maximum atomic E-state index is 6.27. The molecule has 0 saturated carbocycles. The maximum absolute atomic E-state index is 6.27. The molecule has 20 heavy (non-hydrogen) atoms. The molecule has 2 heteroatoms. The average Bonchev–Trinajstić information content (AvgIpc) is 2.41. The van der Waals surface area contributed by atoms with Crippen LogP contribution in [0, 0.1) is 13.8 Å². The monoisotopic (exact) mass is 287 g/mol. The van der Waals surface area contributed by atoms with Gasteiger partial charge in [0.1, 0.15) is 0 Å². The molecule has 0 radical (unpaired) electrons. The summed E-state index contributed by atoms with van der Waals surface area (Å²) < 4.78 is 0. The van der Waals surface area contributed by atoms with Crippen LogP contribution in [0.3, 0.4) is 0 Å². The lowest BCUT2D eigenvalue weighted by Gasteiger charge is -2.23. The number of halogens is 1. The van der Waals surface area contributed by atoms with E-state index in [0.29, 0.717) is 6.04 Å². The molecule has 0 heterocycles. The Kier molecular flexibility index (Phi) is 4.85. The number of hydrogen-bond acceptors (Lipinski definition) is 1. The molecule has 2 aromatic rings. The Labute approximate surface area is 127 Å². The second kappa shape index (κ2) is 6.43. The van der Waals surface area contributed by atoms with Crippen LogP contribution < -0.4 is 5.32 Å². The van der Waals surface area contributed by atoms with Crippen molar-refractivity contribution in [2.45, 2.75) is 39.8 Å². The molecule has 0 spiro atoms. The van der Waals surface area contributed by atoms with Crippen LogP contribution in [0.1, 0.15) is 48.2 Å². The first-order valence-corrected chi connectivity index (χ1v) is 7.44. The molecule has 0 aromatic heterocycles. The average molecular weight is 288 g/mol. The number of aryl methyl sites for hydroxylation is 2. The van der Waals surface area contributed by atoms with Crippen molar-refractivity contribution in [2.75, 3.05) is 0 Å². The van der Waals surface area contributed by atoms with Crippen LogP contribution in [0.15, 0.2) is 42.5 Å². The van der Waals surface area contributed by atoms with Crippen LogP contribution in [0.4, 0.5) is 0 Å². The number of rotatable bonds is 4. The molecule has 1 unspecified atom stereocenters. The lowest BCUT2D eigenvalue weighted by Crippen LogP contribution is -2.23. The highest BCUT2D eigenvalue weighted by Gasteiger charge is 2.14. The molecule has 0 fully saturated rings. The highest BCUT2D eigenvalue weighted by Crippen LogP contribution is 2.26. The van der Waals surface area contributed by atoms with E-state index in [4.69, 9.17) is 11.6 Å². The SMILES string of the molecule is Cc1ccc(C)c(C(C)N[C@@H](C)c2ccccc2Cl)c1. The second-order valence-corrected chi connectivity index (χ2v) is 5.90. The van der Waals surface area contributed by atoms with Crippen molar-refractivity contribution in [2.24, 2.45) is 0 Å². The van der Waals surface area contributed by atoms with E-state index in [-0.39, 0.29) is 6.04 Å². The Bertz CT molecular complexity index is 592. The zero-order valence-corrected chi connectivity index (χ0v) is 13.3. The maximum Gasteiger partial charge on any atom is 0.0453 e. The van der Waals surface area contributed by atoms with Gasteiger partial charge in [0.15, 0.2) is 0 Å². The quantitative estimate of drug-likeness (QED) is 0.797. The van der Waals surface area contributed by atoms with Gasteiger partial charge < -0.3 is 5.32 Å². The van der Waals surface area contributed by atoms with Gasteiger partial charge in [-0.2, -0.15) is 0 Å². The fourth-order valence-corrected chi connectivity index (χ4v) is 2.91. The van der Waals surface area contributed by atoms with Crippen LogP contribution >= 0.6 is 11.6 Å². The molecule has 2 rings (SSSR count). The van der Waals surface area contributed by atoms with Crippen molar-refractivity contribution in [3.8, 4) is 0 Å². The first-order chi connectivity index (χ1) is 9.49. The summed E-state index contributed by atoms with van der Waals surface area (Å²) in [6.45, 7) is 8.65. The summed E-state index contributed by atoms with van der Waals surface area (Å²) >= 11 is 6.27. The van der Waals surface area contributed by atoms with E-state index < -0.39 is 0 Å². The third kappa shape index (κ3) is 3.41. The second-order valence-electron chi connectivity index (χ2n) is 5.49. The molecule has 0 aliphatic carbocycles. The normalized spacial score (nSPS) is 14.1. The van der Waals surface area contributed by atoms with E-state index in [0.717, 1.165) is 10.6 Å². The van der Waals surface area contributed by atoms with Gasteiger partial charge in [0, 0.05) is 17.1 Å². The molecule has 2 atom stereocenters. The number of nitrogens with one attached hydrogen (secondary N) is 1. The van der Waals surface area contributed by atoms with Crippen molar-refractivity contribution < 1.29 is 0 Å². The standard InChI is InChI=1S/C18H22ClN/c1-12-9-10-13(2)17(11-12)15(4)20-14(3)16-7-5-6-8-18(16)19/h5-11,14-15,20H,1-4H3/t14-,15?/m0/s1. The Morgan fingerprint density at radius 3 is 2.25 bits per heavy atom. The van der Waals surface area contributed by atoms with Crippen LogP contribution in [0.2, 0.25) is 5.02 Å². The van der Waals surface area contributed by atoms with Crippen molar-refractivity contribution in [1.29, 1.82) is 0 Å². The number of hydrogen-bond donors (Lipinski definition) is 1. The third-order valence-electron chi connectivity index (χ3n) is 3.77. The lowest BCUT2D eigenvalue weighted by molar-refractivity contribution is 0.493. The summed E-state index contributed by atoms with van der Waals surface area (Å²) in [5.41, 5.74) is 5.11. The van der Waals surface area contributed by atoms with Crippen LogP contribution in [-0.2, 0) is 0 Å². The molecule has 0 saturated heterocycles. The fraction of sp³-hybridized carbons (Fsp3) is 0.333. The highest BCUT2D eigenvalue weighted by atomic mass is 35.5. The van der Waals surface area contributed by atoms with Gasteiger partial charge >= 0.3 is 0 Å². The lowest BCUT2D eigenvalue weighted by atomic mass is 9.98. The molecule has 0 bridgehead atoms. The summed E-state index contributed by atoms with van der Waals surface area (Å²) in [7, 11) is 0. The minimum atomic E-state index is 0.221. The smallest absolute Gasteiger partial charge is 0.0453 e. The summed E-state index contributed by atoms with van der Waals surface area (Å²) in [6, 6.07) is 15.1. The molecule has 0 aliphatic heterocycles. The van der Waals surface area contributed by atoms with Gasteiger partial charge in [-0.25, -0.2) is 0 Å². The Balaban J connectivity index is 2.17. The van der Waals surface area contributed by atoms with E-state index in [2.05, 4.69) is 57.3 Å². The van der Waals surface area contributed by atoms with Gasteiger partial charge in [-0.05, 0) is 50.5 Å². The Morgan fingerprint density at radius 1 is 0.900 bits per heavy atom. The topological polar surface area (TPSA) is 12.0 Å². The van der Waals surface area contributed by atoms with E-state index >= 15 is 0 Å². The van der Waals surface area contributed by atoms with Gasteiger partial charge in [-0.15, -0.1) is 0 Å². The summed E-state index contributed by atoms with van der Waals surface area (Å²) in [5, 5.41) is 4.46. The van der Waals surface area contributed by atoms with E-state index in [1.165, 1.54) is 16.7 Å². The van der Waals surface area contributed by atoms with E-state index in [1.54, 1.807) is 0 Å². The summed E-state index contributed by atoms with van der Waals surface area (Å²) in [6.07, 6.45) is 0. The fourth-order valence-electron chi connectivity index (χ4n) is 2.61. The van der Waals surface area contributed by atoms with E-state index in [9.17, 15) is 0 Å². The molecule has 2 aromatic carbocycles. The minimum Gasteiger partial charge on any atom is -0.304 e. The molecular formula is C18H22ClN. The van der Waals surface area contributed by atoms with Crippen molar-refractivity contribution in [3.63, 3.8) is 0 Å². The number of benzene rings is 2. The molecule has 1 nitrogen and oxygen atoms in total. The van der Waals surface area contributed by atoms with Gasteiger partial charge in [0.2, 0.25) is 0 Å². The molecular weight excluding hydrogens is 266 g/mol. The van der Waals surface area contributed by atoms with Crippen LogP contribution in [0.5, 0.6) is 0 Å². The predicted molar refractivity (Wildman–Crippen MR) is 87.3 cm³/mol. The zero-order chi connectivity index (χ0) is 14.7. The van der Waals surface area contributed by atoms with Gasteiger partial charge in [-0.1, -0.05) is 53.6 Å². The first-order valence-electron chi connectivity index (χ1n) is 7.06. The third-order valence-corrected chi connectivity index (χ3v) is 4.12. The van der Waals surface area contributed by atoms with Gasteiger partial charge in [-0.3, -0.25) is 0 Å². The molecule has 106 valence electrons. The van der Waals surface area contributed by atoms with Crippen molar-refractivity contribution in [3.05, 3.63) is 69.7 Å². The Hall–Kier alpha value is -1.31. The predicted octanol–water partition coefficient (Wildman–Crippen LogP) is 5.37. The first kappa shape index (κ1) is 15.1. The van der Waals surface area contributed by atoms with Crippen molar-refractivity contribution >= 4 is 11.6 Å². The molecule has 1 N–H and O–H groups in total. The highest BCUT2D eigenvalue weighted by molar-refractivity contribution is 6.31. The summed E-state index contributed by atoms with van der Waals surface area (Å²) in [5.74, 6) is 0. The van der Waals surface area contributed by atoms with Crippen LogP contribution in [0.25, 0.3) is 0 Å². The molecule has 0 amide bonds. The van der Waals surface area contributed by atoms with E-state index in [1.807, 2.05) is 18.2 Å². The van der Waals surface area contributed by atoms with Crippen LogP contribution in [-0.4, -0.2) is 0 Å². The van der Waals surface area contributed by atoms with Crippen molar-refractivity contribution in [1.82, 2.24) is 5.32 Å². The van der Waals surface area contributed by atoms with Gasteiger partial charge in [0.25, 0.3) is 0 Å². The zero-order valence-electron chi connectivity index (χ0n) is 12.6. The Morgan fingerprint density at radius 2 is 1.55 bits per heavy atom.